The zero-order valence-corrected chi connectivity index (χ0v) is 14.7. The van der Waals surface area contributed by atoms with E-state index in [0.29, 0.717) is 45.1 Å². The van der Waals surface area contributed by atoms with Crippen molar-refractivity contribution in [2.24, 2.45) is 0 Å². The van der Waals surface area contributed by atoms with Gasteiger partial charge in [-0.2, -0.15) is 0 Å². The van der Waals surface area contributed by atoms with E-state index in [9.17, 15) is 9.90 Å². The van der Waals surface area contributed by atoms with Crippen LogP contribution in [0.4, 0.5) is 5.69 Å². The van der Waals surface area contributed by atoms with Gasteiger partial charge in [-0.3, -0.25) is 0 Å². The summed E-state index contributed by atoms with van der Waals surface area (Å²) in [6.07, 6.45) is 3.79. The molecular formula is C19H14ClN5O2. The molecule has 7 nitrogen and oxygen atoms in total. The smallest absolute Gasteiger partial charge is 0.335 e. The highest BCUT2D eigenvalue weighted by Crippen LogP contribution is 2.35. The van der Waals surface area contributed by atoms with Gasteiger partial charge in [-0.05, 0) is 24.3 Å². The number of carbonyl (C=O) groups is 1. The van der Waals surface area contributed by atoms with Crippen LogP contribution in [0.2, 0.25) is 5.02 Å². The number of aromatic carboxylic acids is 1. The van der Waals surface area contributed by atoms with Crippen LogP contribution in [0.5, 0.6) is 0 Å². The van der Waals surface area contributed by atoms with Crippen molar-refractivity contribution in [3.63, 3.8) is 0 Å². The molecule has 0 amide bonds. The second-order valence-corrected chi connectivity index (χ2v) is 6.35. The van der Waals surface area contributed by atoms with Crippen molar-refractivity contribution in [1.29, 1.82) is 0 Å². The largest absolute Gasteiger partial charge is 0.478 e. The molecule has 0 saturated heterocycles. The zero-order chi connectivity index (χ0) is 19.0. The molecule has 0 saturated carbocycles. The molecule has 0 fully saturated rings. The van der Waals surface area contributed by atoms with Gasteiger partial charge in [0.2, 0.25) is 0 Å². The average molecular weight is 380 g/mol. The van der Waals surface area contributed by atoms with Gasteiger partial charge in [-0.15, -0.1) is 0 Å². The third-order valence-electron chi connectivity index (χ3n) is 4.16. The van der Waals surface area contributed by atoms with Crippen LogP contribution in [0.25, 0.3) is 22.2 Å². The monoisotopic (exact) mass is 379 g/mol. The second-order valence-electron chi connectivity index (χ2n) is 5.94. The van der Waals surface area contributed by atoms with Crippen molar-refractivity contribution >= 4 is 34.2 Å². The molecule has 0 radical (unpaired) electrons. The number of imidazole rings is 1. The Labute approximate surface area is 158 Å². The quantitative estimate of drug-likeness (QED) is 0.467. The summed E-state index contributed by atoms with van der Waals surface area (Å²) in [6, 6.07) is 9.98. The van der Waals surface area contributed by atoms with Crippen molar-refractivity contribution in [3.8, 4) is 11.3 Å². The molecule has 0 aliphatic carbocycles. The summed E-state index contributed by atoms with van der Waals surface area (Å²) in [7, 11) is 0. The molecule has 8 heteroatoms. The first kappa shape index (κ1) is 17.0. The number of benzene rings is 2. The van der Waals surface area contributed by atoms with Crippen LogP contribution in [-0.2, 0) is 6.42 Å². The maximum atomic E-state index is 11.4. The zero-order valence-electron chi connectivity index (χ0n) is 14.0. The molecule has 2 aromatic heterocycles. The van der Waals surface area contributed by atoms with Crippen molar-refractivity contribution in [3.05, 3.63) is 71.0 Å². The van der Waals surface area contributed by atoms with Gasteiger partial charge in [0, 0.05) is 18.0 Å². The number of carboxylic acids is 1. The van der Waals surface area contributed by atoms with Crippen LogP contribution in [0.15, 0.2) is 48.8 Å². The molecular weight excluding hydrogens is 366 g/mol. The fourth-order valence-electron chi connectivity index (χ4n) is 2.91. The Morgan fingerprint density at radius 3 is 2.81 bits per heavy atom. The summed E-state index contributed by atoms with van der Waals surface area (Å²) in [4.78, 5) is 27.8. The summed E-state index contributed by atoms with van der Waals surface area (Å²) in [5.74, 6) is 0.244. The van der Waals surface area contributed by atoms with Crippen LogP contribution in [0.3, 0.4) is 0 Å². The number of carboxylic acid groups (broad SMARTS) is 1. The number of hydrogen-bond donors (Lipinski definition) is 3. The van der Waals surface area contributed by atoms with E-state index >= 15 is 0 Å². The number of nitrogens with zero attached hydrogens (tertiary/aromatic N) is 3. The highest BCUT2D eigenvalue weighted by molar-refractivity contribution is 6.35. The molecule has 2 heterocycles. The molecule has 4 aromatic rings. The Morgan fingerprint density at radius 2 is 2.07 bits per heavy atom. The van der Waals surface area contributed by atoms with Crippen molar-refractivity contribution in [2.75, 3.05) is 5.73 Å². The fourth-order valence-corrected chi connectivity index (χ4v) is 3.06. The molecule has 2 aromatic carbocycles. The minimum atomic E-state index is -1.02. The summed E-state index contributed by atoms with van der Waals surface area (Å²) in [5.41, 5.74) is 8.49. The Bertz CT molecular complexity index is 1160. The number of halogens is 1. The van der Waals surface area contributed by atoms with Crippen LogP contribution < -0.4 is 5.73 Å². The molecule has 27 heavy (non-hydrogen) atoms. The Morgan fingerprint density at radius 1 is 1.22 bits per heavy atom. The number of fused-ring (bicyclic) bond motifs is 1. The maximum absolute atomic E-state index is 11.4. The Kier molecular flexibility index (Phi) is 4.21. The Balaban J connectivity index is 1.97. The molecule has 0 unspecified atom stereocenters. The molecule has 4 N–H and O–H groups in total. The minimum Gasteiger partial charge on any atom is -0.478 e. The number of H-pyrrole nitrogens is 1. The van der Waals surface area contributed by atoms with Crippen molar-refractivity contribution in [1.82, 2.24) is 19.9 Å². The van der Waals surface area contributed by atoms with E-state index in [0.717, 1.165) is 5.82 Å². The van der Waals surface area contributed by atoms with Gasteiger partial charge >= 0.3 is 5.97 Å². The lowest BCUT2D eigenvalue weighted by Gasteiger charge is -2.12. The number of anilines is 1. The topological polar surface area (TPSA) is 118 Å². The van der Waals surface area contributed by atoms with E-state index in [1.54, 1.807) is 42.7 Å². The lowest BCUT2D eigenvalue weighted by molar-refractivity contribution is 0.0697. The summed E-state index contributed by atoms with van der Waals surface area (Å²) < 4.78 is 0. The first-order chi connectivity index (χ1) is 13.0. The maximum Gasteiger partial charge on any atom is 0.335 e. The first-order valence-corrected chi connectivity index (χ1v) is 8.47. The predicted molar refractivity (Wildman–Crippen MR) is 103 cm³/mol. The van der Waals surface area contributed by atoms with Crippen LogP contribution in [-0.4, -0.2) is 31.0 Å². The van der Waals surface area contributed by atoms with Gasteiger partial charge in [0.15, 0.2) is 0 Å². The third kappa shape index (κ3) is 3.20. The first-order valence-electron chi connectivity index (χ1n) is 8.09. The number of rotatable bonds is 4. The van der Waals surface area contributed by atoms with E-state index in [4.69, 9.17) is 17.3 Å². The normalized spacial score (nSPS) is 11.0. The molecule has 4 rings (SSSR count). The second kappa shape index (κ2) is 6.69. The third-order valence-corrected chi connectivity index (χ3v) is 4.49. The standard InChI is InChI=1S/C19H14ClN5O2/c20-12-4-5-13-16(17(12)21)18(10-2-1-3-11(8-10)19(26)27)25-15(24-13)9-14-22-6-7-23-14/h1-8H,9,21H2,(H,22,23)(H,26,27). The van der Waals surface area contributed by atoms with E-state index in [-0.39, 0.29) is 5.56 Å². The molecule has 0 atom stereocenters. The minimum absolute atomic E-state index is 0.160. The number of nitrogen functional groups attached to an aromatic ring is 1. The summed E-state index contributed by atoms with van der Waals surface area (Å²) in [5, 5.41) is 10.3. The lowest BCUT2D eigenvalue weighted by Crippen LogP contribution is -2.04. The van der Waals surface area contributed by atoms with Crippen LogP contribution >= 0.6 is 11.6 Å². The Hall–Kier alpha value is -3.45. The lowest BCUT2D eigenvalue weighted by atomic mass is 10.0. The molecule has 0 aliphatic rings. The molecule has 0 aliphatic heterocycles. The SMILES string of the molecule is Nc1c(Cl)ccc2nc(Cc3ncc[nH]3)nc(-c3cccc(C(=O)O)c3)c12. The molecule has 0 spiro atoms. The average Bonchev–Trinajstić information content (AvgIpc) is 3.17. The highest BCUT2D eigenvalue weighted by atomic mass is 35.5. The number of nitrogens with two attached hydrogens (primary N) is 1. The number of hydrogen-bond acceptors (Lipinski definition) is 5. The summed E-state index contributed by atoms with van der Waals surface area (Å²) in [6.45, 7) is 0. The number of aromatic amines is 1. The van der Waals surface area contributed by atoms with Gasteiger partial charge < -0.3 is 15.8 Å². The summed E-state index contributed by atoms with van der Waals surface area (Å²) >= 11 is 6.19. The van der Waals surface area contributed by atoms with Gasteiger partial charge in [-0.25, -0.2) is 19.7 Å². The molecule has 0 bridgehead atoms. The van der Waals surface area contributed by atoms with E-state index in [1.807, 2.05) is 0 Å². The van der Waals surface area contributed by atoms with Gasteiger partial charge in [0.1, 0.15) is 11.6 Å². The van der Waals surface area contributed by atoms with Gasteiger partial charge in [-0.1, -0.05) is 23.7 Å². The van der Waals surface area contributed by atoms with E-state index in [1.165, 1.54) is 6.07 Å². The highest BCUT2D eigenvalue weighted by Gasteiger charge is 2.16. The predicted octanol–water partition coefficient (Wildman–Crippen LogP) is 3.54. The van der Waals surface area contributed by atoms with Crippen molar-refractivity contribution < 1.29 is 9.90 Å². The molecule has 134 valence electrons. The fraction of sp³-hybridized carbons (Fsp3) is 0.0526. The number of aromatic nitrogens is 4. The van der Waals surface area contributed by atoms with Crippen LogP contribution in [0, 0.1) is 0 Å². The van der Waals surface area contributed by atoms with Gasteiger partial charge in [0.25, 0.3) is 0 Å². The van der Waals surface area contributed by atoms with E-state index in [2.05, 4.69) is 19.9 Å². The van der Waals surface area contributed by atoms with Gasteiger partial charge in [0.05, 0.1) is 39.3 Å². The van der Waals surface area contributed by atoms with E-state index < -0.39 is 5.97 Å². The van der Waals surface area contributed by atoms with Crippen molar-refractivity contribution in [2.45, 2.75) is 6.42 Å². The number of nitrogens with one attached hydrogen (secondary N) is 1. The van der Waals surface area contributed by atoms with Crippen LogP contribution in [0.1, 0.15) is 22.0 Å².